The monoisotopic (exact) mass is 300 g/mol. The fourth-order valence-electron chi connectivity index (χ4n) is 2.84. The lowest BCUT2D eigenvalue weighted by Crippen LogP contribution is -2.46. The van der Waals surface area contributed by atoms with Crippen molar-refractivity contribution in [2.45, 2.75) is 19.4 Å². The molecule has 116 valence electrons. The summed E-state index contributed by atoms with van der Waals surface area (Å²) in [5.74, 6) is 2.19. The smallest absolute Gasteiger partial charge is 0.193 e. The average molecular weight is 300 g/mol. The van der Waals surface area contributed by atoms with Crippen molar-refractivity contribution in [1.82, 2.24) is 15.1 Å². The molecule has 0 aromatic heterocycles. The Morgan fingerprint density at radius 3 is 2.85 bits per heavy atom. The van der Waals surface area contributed by atoms with Crippen LogP contribution in [-0.4, -0.2) is 86.3 Å². The Balaban J connectivity index is 1.86. The Bertz CT molecular complexity index is 308. The molecule has 6 heteroatoms. The second-order valence-corrected chi connectivity index (χ2v) is 6.25. The van der Waals surface area contributed by atoms with E-state index in [0.717, 1.165) is 64.2 Å². The molecule has 1 N–H and O–H groups in total. The summed E-state index contributed by atoms with van der Waals surface area (Å²) in [6, 6.07) is 0.670. The molecule has 2 rings (SSSR count). The maximum atomic E-state index is 5.44. The highest BCUT2D eigenvalue weighted by Gasteiger charge is 2.30. The molecule has 0 spiro atoms. The Morgan fingerprint density at radius 2 is 2.15 bits per heavy atom. The van der Waals surface area contributed by atoms with Gasteiger partial charge in [0.15, 0.2) is 5.96 Å². The minimum absolute atomic E-state index is 0.670. The second-order valence-electron chi connectivity index (χ2n) is 5.27. The molecule has 0 aromatic rings. The SMILES string of the molecule is CCNC(=NCCSC)N1CCC(N2CCOCC2)C1. The Morgan fingerprint density at radius 1 is 1.35 bits per heavy atom. The van der Waals surface area contributed by atoms with E-state index >= 15 is 0 Å². The zero-order valence-corrected chi connectivity index (χ0v) is 13.6. The van der Waals surface area contributed by atoms with Crippen LogP contribution in [0.4, 0.5) is 0 Å². The number of hydrogen-bond acceptors (Lipinski definition) is 4. The molecule has 0 amide bonds. The number of hydrogen-bond donors (Lipinski definition) is 1. The van der Waals surface area contributed by atoms with Crippen molar-refractivity contribution in [3.8, 4) is 0 Å². The lowest BCUT2D eigenvalue weighted by atomic mass is 10.2. The molecule has 0 bridgehead atoms. The number of guanidine groups is 1. The highest BCUT2D eigenvalue weighted by molar-refractivity contribution is 7.98. The van der Waals surface area contributed by atoms with Gasteiger partial charge in [-0.05, 0) is 19.6 Å². The Kier molecular flexibility index (Phi) is 6.96. The van der Waals surface area contributed by atoms with E-state index in [1.54, 1.807) is 0 Å². The average Bonchev–Trinajstić information content (AvgIpc) is 2.97. The van der Waals surface area contributed by atoms with Crippen molar-refractivity contribution in [1.29, 1.82) is 0 Å². The van der Waals surface area contributed by atoms with Gasteiger partial charge in [-0.15, -0.1) is 0 Å². The molecule has 1 unspecified atom stereocenters. The number of nitrogens with zero attached hydrogens (tertiary/aromatic N) is 3. The van der Waals surface area contributed by atoms with Crippen LogP contribution >= 0.6 is 11.8 Å². The van der Waals surface area contributed by atoms with Gasteiger partial charge in [0.2, 0.25) is 0 Å². The van der Waals surface area contributed by atoms with Gasteiger partial charge in [0.25, 0.3) is 0 Å². The molecule has 2 saturated heterocycles. The van der Waals surface area contributed by atoms with E-state index < -0.39 is 0 Å². The standard InChI is InChI=1S/C14H28N4OS/c1-3-15-14(16-5-11-20-2)18-6-4-13(12-18)17-7-9-19-10-8-17/h13H,3-12H2,1-2H3,(H,15,16). The maximum absolute atomic E-state index is 5.44. The topological polar surface area (TPSA) is 40.1 Å². The third-order valence-electron chi connectivity index (χ3n) is 3.92. The summed E-state index contributed by atoms with van der Waals surface area (Å²) < 4.78 is 5.44. The van der Waals surface area contributed by atoms with Crippen LogP contribution < -0.4 is 5.32 Å². The lowest BCUT2D eigenvalue weighted by molar-refractivity contribution is 0.0195. The summed E-state index contributed by atoms with van der Waals surface area (Å²) in [4.78, 5) is 9.73. The molecule has 2 fully saturated rings. The van der Waals surface area contributed by atoms with Gasteiger partial charge in [-0.3, -0.25) is 9.89 Å². The van der Waals surface area contributed by atoms with Crippen LogP contribution in [-0.2, 0) is 4.74 Å². The van der Waals surface area contributed by atoms with Gasteiger partial charge in [0, 0.05) is 44.5 Å². The quantitative estimate of drug-likeness (QED) is 0.460. The first-order valence-electron chi connectivity index (χ1n) is 7.69. The normalized spacial score (nSPS) is 25.2. The summed E-state index contributed by atoms with van der Waals surface area (Å²) in [5.41, 5.74) is 0. The summed E-state index contributed by atoms with van der Waals surface area (Å²) in [6.07, 6.45) is 3.37. The molecule has 0 aromatic carbocycles. The molecule has 20 heavy (non-hydrogen) atoms. The summed E-state index contributed by atoms with van der Waals surface area (Å²) in [7, 11) is 0. The zero-order chi connectivity index (χ0) is 14.2. The molecule has 2 aliphatic heterocycles. The van der Waals surface area contributed by atoms with Gasteiger partial charge < -0.3 is 15.0 Å². The van der Waals surface area contributed by atoms with Crippen LogP contribution in [0.5, 0.6) is 0 Å². The summed E-state index contributed by atoms with van der Waals surface area (Å²) in [5, 5.41) is 3.43. The van der Waals surface area contributed by atoms with Crippen molar-refractivity contribution >= 4 is 17.7 Å². The van der Waals surface area contributed by atoms with E-state index in [2.05, 4.69) is 28.3 Å². The van der Waals surface area contributed by atoms with Crippen LogP contribution in [0.25, 0.3) is 0 Å². The highest BCUT2D eigenvalue weighted by Crippen LogP contribution is 2.17. The molecule has 0 radical (unpaired) electrons. The van der Waals surface area contributed by atoms with E-state index in [1.165, 1.54) is 6.42 Å². The predicted octanol–water partition coefficient (Wildman–Crippen LogP) is 0.721. The van der Waals surface area contributed by atoms with Crippen molar-refractivity contribution in [3.05, 3.63) is 0 Å². The first-order chi connectivity index (χ1) is 9.85. The molecule has 2 heterocycles. The van der Waals surface area contributed by atoms with Gasteiger partial charge in [-0.1, -0.05) is 0 Å². The molecule has 5 nitrogen and oxygen atoms in total. The number of ether oxygens (including phenoxy) is 1. The third kappa shape index (κ3) is 4.53. The number of aliphatic imine (C=N–C) groups is 1. The van der Waals surface area contributed by atoms with Crippen molar-refractivity contribution in [2.24, 2.45) is 4.99 Å². The van der Waals surface area contributed by atoms with E-state index in [0.29, 0.717) is 6.04 Å². The van der Waals surface area contributed by atoms with Gasteiger partial charge in [0.1, 0.15) is 0 Å². The largest absolute Gasteiger partial charge is 0.379 e. The van der Waals surface area contributed by atoms with Crippen molar-refractivity contribution < 1.29 is 4.74 Å². The molecule has 0 saturated carbocycles. The fraction of sp³-hybridized carbons (Fsp3) is 0.929. The molecular formula is C14H28N4OS. The Hall–Kier alpha value is -0.460. The molecule has 1 atom stereocenters. The second kappa shape index (κ2) is 8.74. The van der Waals surface area contributed by atoms with Gasteiger partial charge in [-0.25, -0.2) is 0 Å². The van der Waals surface area contributed by atoms with Gasteiger partial charge in [-0.2, -0.15) is 11.8 Å². The van der Waals surface area contributed by atoms with Crippen LogP contribution in [0, 0.1) is 0 Å². The molecular weight excluding hydrogens is 272 g/mol. The van der Waals surface area contributed by atoms with Crippen LogP contribution in [0.1, 0.15) is 13.3 Å². The third-order valence-corrected chi connectivity index (χ3v) is 4.51. The first-order valence-corrected chi connectivity index (χ1v) is 9.08. The summed E-state index contributed by atoms with van der Waals surface area (Å²) >= 11 is 1.85. The first kappa shape index (κ1) is 15.9. The minimum Gasteiger partial charge on any atom is -0.379 e. The van der Waals surface area contributed by atoms with Crippen molar-refractivity contribution in [3.63, 3.8) is 0 Å². The number of morpholine rings is 1. The summed E-state index contributed by atoms with van der Waals surface area (Å²) in [6.45, 7) is 10.1. The minimum atomic E-state index is 0.670. The van der Waals surface area contributed by atoms with E-state index in [4.69, 9.17) is 9.73 Å². The van der Waals surface area contributed by atoms with Crippen LogP contribution in [0.3, 0.4) is 0 Å². The Labute approximate surface area is 127 Å². The predicted molar refractivity (Wildman–Crippen MR) is 86.7 cm³/mol. The van der Waals surface area contributed by atoms with Gasteiger partial charge in [0.05, 0.1) is 19.8 Å². The van der Waals surface area contributed by atoms with E-state index in [-0.39, 0.29) is 0 Å². The van der Waals surface area contributed by atoms with Crippen molar-refractivity contribution in [2.75, 3.05) is 64.5 Å². The number of nitrogens with one attached hydrogen (secondary N) is 1. The zero-order valence-electron chi connectivity index (χ0n) is 12.8. The number of rotatable bonds is 5. The lowest BCUT2D eigenvalue weighted by Gasteiger charge is -2.32. The number of thioether (sulfide) groups is 1. The van der Waals surface area contributed by atoms with E-state index in [9.17, 15) is 0 Å². The fourth-order valence-corrected chi connectivity index (χ4v) is 3.12. The maximum Gasteiger partial charge on any atom is 0.193 e. The molecule has 0 aliphatic carbocycles. The van der Waals surface area contributed by atoms with Gasteiger partial charge >= 0.3 is 0 Å². The van der Waals surface area contributed by atoms with Crippen LogP contribution in [0.2, 0.25) is 0 Å². The van der Waals surface area contributed by atoms with Crippen LogP contribution in [0.15, 0.2) is 4.99 Å². The molecule has 2 aliphatic rings. The highest BCUT2D eigenvalue weighted by atomic mass is 32.2. The number of likely N-dealkylation sites (tertiary alicyclic amines) is 1. The van der Waals surface area contributed by atoms with E-state index in [1.807, 2.05) is 11.8 Å².